The Morgan fingerprint density at radius 1 is 0.727 bits per heavy atom. The Kier molecular flexibility index (Phi) is 4.79. The van der Waals surface area contributed by atoms with Crippen LogP contribution in [0.5, 0.6) is 0 Å². The van der Waals surface area contributed by atoms with E-state index in [4.69, 9.17) is 0 Å². The van der Waals surface area contributed by atoms with Crippen LogP contribution in [0.2, 0.25) is 0 Å². The van der Waals surface area contributed by atoms with Gasteiger partial charge in [-0.2, -0.15) is 23.4 Å². The first-order chi connectivity index (χ1) is 15.9. The van der Waals surface area contributed by atoms with Gasteiger partial charge >= 0.3 is 6.18 Å². The third kappa shape index (κ3) is 3.46. The Balaban J connectivity index is 1.80. The number of fused-ring (bicyclic) bond motifs is 3. The molecule has 2 aromatic carbocycles. The van der Waals surface area contributed by atoms with Gasteiger partial charge in [0.25, 0.3) is 0 Å². The molecule has 2 heterocycles. The molecular formula is C26H15F3N4. The van der Waals surface area contributed by atoms with Crippen molar-refractivity contribution in [2.24, 2.45) is 4.99 Å². The van der Waals surface area contributed by atoms with Crippen molar-refractivity contribution in [3.63, 3.8) is 0 Å². The first-order valence-electron chi connectivity index (χ1n) is 10.1. The van der Waals surface area contributed by atoms with Crippen molar-refractivity contribution in [1.82, 2.24) is 9.97 Å². The molecule has 0 bridgehead atoms. The van der Waals surface area contributed by atoms with Gasteiger partial charge in [0.15, 0.2) is 0 Å². The molecule has 4 aromatic rings. The van der Waals surface area contributed by atoms with Gasteiger partial charge in [-0.15, -0.1) is 0 Å². The molecule has 33 heavy (non-hydrogen) atoms. The Hall–Kier alpha value is -4.31. The predicted molar refractivity (Wildman–Crippen MR) is 119 cm³/mol. The van der Waals surface area contributed by atoms with E-state index in [1.54, 1.807) is 12.4 Å². The largest absolute Gasteiger partial charge is 0.417 e. The average Bonchev–Trinajstić information content (AvgIpc) is 3.10. The van der Waals surface area contributed by atoms with E-state index in [1.165, 1.54) is 30.6 Å². The van der Waals surface area contributed by atoms with Gasteiger partial charge in [-0.3, -0.25) is 9.97 Å². The van der Waals surface area contributed by atoms with Crippen LogP contribution in [-0.4, -0.2) is 15.7 Å². The summed E-state index contributed by atoms with van der Waals surface area (Å²) in [6.45, 7) is 1.91. The van der Waals surface area contributed by atoms with Gasteiger partial charge in [-0.05, 0) is 88.3 Å². The minimum absolute atomic E-state index is 0.0215. The molecule has 0 aliphatic heterocycles. The summed E-state index contributed by atoms with van der Waals surface area (Å²) >= 11 is 0. The van der Waals surface area contributed by atoms with Crippen molar-refractivity contribution in [2.45, 2.75) is 13.1 Å². The number of pyridine rings is 2. The zero-order valence-corrected chi connectivity index (χ0v) is 17.4. The number of aromatic nitrogens is 2. The van der Waals surface area contributed by atoms with Crippen molar-refractivity contribution in [3.05, 3.63) is 95.6 Å². The van der Waals surface area contributed by atoms with Gasteiger partial charge in [0.2, 0.25) is 6.19 Å². The standard InChI is InChI=1S/C26H15F3N4/c1-15-10-20-21-13-24(26(27,28)29)19(17-4-8-32-9-5-17)12-23(21)25(33-14-30)22(20)11-18(15)16-2-6-31-7-3-16/h2-13H,1H3. The van der Waals surface area contributed by atoms with Crippen LogP contribution < -0.4 is 0 Å². The molecule has 0 unspecified atom stereocenters. The lowest BCUT2D eigenvalue weighted by Crippen LogP contribution is -2.09. The number of nitriles is 1. The van der Waals surface area contributed by atoms with Crippen molar-refractivity contribution >= 4 is 5.71 Å². The molecule has 4 nitrogen and oxygen atoms in total. The molecule has 7 heteroatoms. The van der Waals surface area contributed by atoms with Crippen LogP contribution in [0.4, 0.5) is 13.2 Å². The Morgan fingerprint density at radius 3 is 1.79 bits per heavy atom. The van der Waals surface area contributed by atoms with Gasteiger partial charge < -0.3 is 0 Å². The SMILES string of the molecule is Cc1cc2c(cc1-c1ccncc1)C(=NC#N)c1cc(-c3ccncc3)c(C(F)(F)F)cc1-2. The van der Waals surface area contributed by atoms with E-state index >= 15 is 0 Å². The minimum atomic E-state index is -4.56. The fourth-order valence-corrected chi connectivity index (χ4v) is 4.31. The molecule has 5 rings (SSSR count). The summed E-state index contributed by atoms with van der Waals surface area (Å²) < 4.78 is 42.3. The first-order valence-corrected chi connectivity index (χ1v) is 10.1. The molecule has 2 aromatic heterocycles. The van der Waals surface area contributed by atoms with Crippen molar-refractivity contribution in [2.75, 3.05) is 0 Å². The van der Waals surface area contributed by atoms with Crippen molar-refractivity contribution in [1.29, 1.82) is 5.26 Å². The summed E-state index contributed by atoms with van der Waals surface area (Å²) in [6, 6.07) is 13.2. The van der Waals surface area contributed by atoms with Crippen LogP contribution in [0.3, 0.4) is 0 Å². The molecule has 0 fully saturated rings. The lowest BCUT2D eigenvalue weighted by molar-refractivity contribution is -0.137. The number of hydrogen-bond donors (Lipinski definition) is 0. The summed E-state index contributed by atoms with van der Waals surface area (Å²) in [5.41, 5.74) is 4.92. The molecule has 0 amide bonds. The monoisotopic (exact) mass is 440 g/mol. The highest BCUT2D eigenvalue weighted by Gasteiger charge is 2.37. The number of nitrogens with zero attached hydrogens (tertiary/aromatic N) is 4. The summed E-state index contributed by atoms with van der Waals surface area (Å²) in [7, 11) is 0. The van der Waals surface area contributed by atoms with Crippen molar-refractivity contribution in [3.8, 4) is 39.6 Å². The summed E-state index contributed by atoms with van der Waals surface area (Å²) in [6.07, 6.45) is 3.51. The summed E-state index contributed by atoms with van der Waals surface area (Å²) in [4.78, 5) is 12.0. The van der Waals surface area contributed by atoms with Crippen LogP contribution in [0.15, 0.2) is 78.3 Å². The number of aryl methyl sites for hydroxylation is 1. The molecule has 160 valence electrons. The molecule has 0 N–H and O–H groups in total. The molecule has 1 aliphatic rings. The molecule has 0 saturated heterocycles. The summed E-state index contributed by atoms with van der Waals surface area (Å²) in [5, 5.41) is 9.35. The zero-order valence-electron chi connectivity index (χ0n) is 17.4. The average molecular weight is 440 g/mol. The number of aliphatic imine (C=N–C) groups is 1. The zero-order chi connectivity index (χ0) is 23.2. The second kappa shape index (κ2) is 7.68. The Labute approximate surface area is 187 Å². The number of halogens is 3. The van der Waals surface area contributed by atoms with Crippen LogP contribution in [0.1, 0.15) is 22.3 Å². The van der Waals surface area contributed by atoms with Crippen LogP contribution in [-0.2, 0) is 6.18 Å². The first kappa shape index (κ1) is 20.6. The van der Waals surface area contributed by atoms with E-state index < -0.39 is 11.7 Å². The Morgan fingerprint density at radius 2 is 1.24 bits per heavy atom. The number of alkyl halides is 3. The van der Waals surface area contributed by atoms with Crippen LogP contribution in [0, 0.1) is 18.4 Å². The topological polar surface area (TPSA) is 61.9 Å². The normalized spacial score (nSPS) is 13.5. The number of hydrogen-bond acceptors (Lipinski definition) is 4. The highest BCUT2D eigenvalue weighted by atomic mass is 19.4. The van der Waals surface area contributed by atoms with Crippen LogP contribution in [0.25, 0.3) is 33.4 Å². The quantitative estimate of drug-likeness (QED) is 0.297. The lowest BCUT2D eigenvalue weighted by atomic mass is 9.92. The second-order valence-corrected chi connectivity index (χ2v) is 7.69. The van der Waals surface area contributed by atoms with Gasteiger partial charge in [-0.25, -0.2) is 0 Å². The second-order valence-electron chi connectivity index (χ2n) is 7.69. The van der Waals surface area contributed by atoms with Gasteiger partial charge in [0.05, 0.1) is 11.3 Å². The minimum Gasteiger partial charge on any atom is -0.265 e. The third-order valence-electron chi connectivity index (χ3n) is 5.77. The molecule has 0 saturated carbocycles. The van der Waals surface area contributed by atoms with E-state index in [0.717, 1.165) is 22.8 Å². The fourth-order valence-electron chi connectivity index (χ4n) is 4.31. The predicted octanol–water partition coefficient (Wildman–Crippen LogP) is 6.44. The molecule has 1 aliphatic carbocycles. The fraction of sp³-hybridized carbons (Fsp3) is 0.0769. The van der Waals surface area contributed by atoms with Crippen molar-refractivity contribution < 1.29 is 13.2 Å². The van der Waals surface area contributed by atoms with Gasteiger partial charge in [0, 0.05) is 35.9 Å². The van der Waals surface area contributed by atoms with Gasteiger partial charge in [-0.1, -0.05) is 6.07 Å². The maximum absolute atomic E-state index is 14.1. The smallest absolute Gasteiger partial charge is 0.265 e. The van der Waals surface area contributed by atoms with Crippen LogP contribution >= 0.6 is 0 Å². The number of rotatable bonds is 2. The van der Waals surface area contributed by atoms with E-state index in [1.807, 2.05) is 37.4 Å². The van der Waals surface area contributed by atoms with E-state index in [2.05, 4.69) is 15.0 Å². The maximum atomic E-state index is 14.1. The maximum Gasteiger partial charge on any atom is 0.417 e. The lowest BCUT2D eigenvalue weighted by Gasteiger charge is -2.16. The molecule has 0 radical (unpaired) electrons. The number of benzene rings is 2. The highest BCUT2D eigenvalue weighted by Crippen LogP contribution is 2.46. The third-order valence-corrected chi connectivity index (χ3v) is 5.77. The molecular weight excluding hydrogens is 425 g/mol. The van der Waals surface area contributed by atoms with E-state index in [9.17, 15) is 18.4 Å². The van der Waals surface area contributed by atoms with E-state index in [0.29, 0.717) is 33.5 Å². The highest BCUT2D eigenvalue weighted by molar-refractivity contribution is 6.26. The van der Waals surface area contributed by atoms with Gasteiger partial charge in [0.1, 0.15) is 0 Å². The molecule has 0 atom stereocenters. The molecule has 0 spiro atoms. The van der Waals surface area contributed by atoms with E-state index in [-0.39, 0.29) is 5.56 Å². The Bertz CT molecular complexity index is 1450. The summed E-state index contributed by atoms with van der Waals surface area (Å²) in [5.74, 6) is 0.